The Morgan fingerprint density at radius 3 is 2.68 bits per heavy atom. The molecule has 3 aliphatic carbocycles. The maximum absolute atomic E-state index is 11.0. The van der Waals surface area contributed by atoms with Crippen molar-refractivity contribution in [2.45, 2.75) is 65.4 Å². The van der Waals surface area contributed by atoms with Gasteiger partial charge in [0.2, 0.25) is 0 Å². The van der Waals surface area contributed by atoms with Gasteiger partial charge in [0.25, 0.3) is 0 Å². The van der Waals surface area contributed by atoms with Crippen molar-refractivity contribution in [3.05, 3.63) is 23.8 Å². The van der Waals surface area contributed by atoms with Gasteiger partial charge in [0.05, 0.1) is 6.10 Å². The van der Waals surface area contributed by atoms with Gasteiger partial charge in [0.15, 0.2) is 0 Å². The monoisotopic (exact) mass is 304 g/mol. The normalized spacial score (nSPS) is 48.6. The van der Waals surface area contributed by atoms with Gasteiger partial charge in [-0.2, -0.15) is 0 Å². The lowest BCUT2D eigenvalue weighted by atomic mass is 9.43. The van der Waals surface area contributed by atoms with Crippen molar-refractivity contribution in [2.75, 3.05) is 6.61 Å². The van der Waals surface area contributed by atoms with Crippen molar-refractivity contribution in [2.24, 2.45) is 28.6 Å². The highest BCUT2D eigenvalue weighted by Gasteiger charge is 2.59. The van der Waals surface area contributed by atoms with E-state index in [0.29, 0.717) is 11.8 Å². The Balaban J connectivity index is 2.02. The molecule has 0 amide bonds. The summed E-state index contributed by atoms with van der Waals surface area (Å²) in [5.74, 6) is 1.38. The van der Waals surface area contributed by atoms with Crippen molar-refractivity contribution >= 4 is 0 Å². The first-order valence-electron chi connectivity index (χ1n) is 8.98. The summed E-state index contributed by atoms with van der Waals surface area (Å²) in [4.78, 5) is 0. The zero-order chi connectivity index (χ0) is 16.1. The second kappa shape index (κ2) is 5.49. The summed E-state index contributed by atoms with van der Waals surface area (Å²) >= 11 is 0. The van der Waals surface area contributed by atoms with Gasteiger partial charge >= 0.3 is 0 Å². The molecule has 22 heavy (non-hydrogen) atoms. The van der Waals surface area contributed by atoms with E-state index < -0.39 is 0 Å². The van der Waals surface area contributed by atoms with E-state index >= 15 is 0 Å². The van der Waals surface area contributed by atoms with E-state index in [0.717, 1.165) is 19.3 Å². The third-order valence-electron chi connectivity index (χ3n) is 7.53. The SMILES string of the molecule is C=CC1=C(C)[C@@H]2C[C@@H](O)[C@H]3[C@](C)(CO)CCC[C@]3(C)[C@H]2CC1. The van der Waals surface area contributed by atoms with Crippen LogP contribution in [0.2, 0.25) is 0 Å². The van der Waals surface area contributed by atoms with Gasteiger partial charge in [-0.1, -0.05) is 38.5 Å². The Bertz CT molecular complexity index is 494. The molecule has 2 heteroatoms. The van der Waals surface area contributed by atoms with E-state index in [9.17, 15) is 10.2 Å². The molecule has 0 aliphatic heterocycles. The topological polar surface area (TPSA) is 40.5 Å². The highest BCUT2D eigenvalue weighted by molar-refractivity contribution is 5.30. The van der Waals surface area contributed by atoms with Crippen molar-refractivity contribution in [3.8, 4) is 0 Å². The quantitative estimate of drug-likeness (QED) is 0.807. The van der Waals surface area contributed by atoms with E-state index in [4.69, 9.17) is 0 Å². The van der Waals surface area contributed by atoms with Crippen molar-refractivity contribution in [3.63, 3.8) is 0 Å². The van der Waals surface area contributed by atoms with E-state index in [1.54, 1.807) is 0 Å². The maximum Gasteiger partial charge on any atom is 0.0585 e. The number of hydrogen-bond acceptors (Lipinski definition) is 2. The molecule has 0 radical (unpaired) electrons. The standard InChI is InChI=1S/C20H32O2/c1-5-14-7-8-16-15(13(14)2)11-17(22)18-19(3,12-21)9-6-10-20(16,18)4/h5,15-18,21-22H,1,6-12H2,2-4H3/t15-,16-,17+,18-,19-,20+/m0/s1. The van der Waals surface area contributed by atoms with Crippen molar-refractivity contribution in [1.82, 2.24) is 0 Å². The molecule has 3 aliphatic rings. The van der Waals surface area contributed by atoms with Gasteiger partial charge < -0.3 is 10.2 Å². The summed E-state index contributed by atoms with van der Waals surface area (Å²) in [5, 5.41) is 21.0. The molecule has 2 fully saturated rings. The van der Waals surface area contributed by atoms with Crippen LogP contribution < -0.4 is 0 Å². The van der Waals surface area contributed by atoms with E-state index in [1.807, 2.05) is 6.08 Å². The van der Waals surface area contributed by atoms with Crippen molar-refractivity contribution < 1.29 is 10.2 Å². The fourth-order valence-electron chi connectivity index (χ4n) is 6.52. The summed E-state index contributed by atoms with van der Waals surface area (Å²) in [7, 11) is 0. The third-order valence-corrected chi connectivity index (χ3v) is 7.53. The highest BCUT2D eigenvalue weighted by atomic mass is 16.3. The van der Waals surface area contributed by atoms with Gasteiger partial charge in [0, 0.05) is 6.61 Å². The van der Waals surface area contributed by atoms with E-state index in [1.165, 1.54) is 30.4 Å². The first-order chi connectivity index (χ1) is 10.4. The Morgan fingerprint density at radius 2 is 2.05 bits per heavy atom. The molecule has 2 nitrogen and oxygen atoms in total. The molecule has 0 spiro atoms. The molecule has 0 aromatic heterocycles. The molecular weight excluding hydrogens is 272 g/mol. The minimum Gasteiger partial charge on any atom is -0.396 e. The lowest BCUT2D eigenvalue weighted by Gasteiger charge is -2.62. The maximum atomic E-state index is 11.0. The summed E-state index contributed by atoms with van der Waals surface area (Å²) < 4.78 is 0. The fraction of sp³-hybridized carbons (Fsp3) is 0.800. The smallest absolute Gasteiger partial charge is 0.0585 e. The lowest BCUT2D eigenvalue weighted by molar-refractivity contribution is -0.173. The number of allylic oxidation sites excluding steroid dienone is 3. The molecule has 0 heterocycles. The van der Waals surface area contributed by atoms with Crippen LogP contribution in [0.3, 0.4) is 0 Å². The van der Waals surface area contributed by atoms with Gasteiger partial charge in [-0.3, -0.25) is 0 Å². The van der Waals surface area contributed by atoms with Gasteiger partial charge in [-0.25, -0.2) is 0 Å². The first-order valence-corrected chi connectivity index (χ1v) is 8.98. The number of aliphatic hydroxyl groups excluding tert-OH is 2. The van der Waals surface area contributed by atoms with Crippen LogP contribution >= 0.6 is 0 Å². The molecule has 6 atom stereocenters. The Morgan fingerprint density at radius 1 is 1.32 bits per heavy atom. The molecule has 0 bridgehead atoms. The second-order valence-corrected chi connectivity index (χ2v) is 8.62. The molecule has 124 valence electrons. The average Bonchev–Trinajstić information content (AvgIpc) is 2.48. The zero-order valence-electron chi connectivity index (χ0n) is 14.4. The molecule has 0 aromatic rings. The van der Waals surface area contributed by atoms with Crippen LogP contribution in [0.25, 0.3) is 0 Å². The van der Waals surface area contributed by atoms with Crippen LogP contribution in [-0.4, -0.2) is 22.9 Å². The summed E-state index contributed by atoms with van der Waals surface area (Å²) in [6, 6.07) is 0. The predicted octanol–water partition coefficient (Wildman–Crippen LogP) is 4.08. The molecule has 0 unspecified atom stereocenters. The molecule has 2 N–H and O–H groups in total. The fourth-order valence-corrected chi connectivity index (χ4v) is 6.52. The number of rotatable bonds is 2. The Kier molecular flexibility index (Phi) is 4.06. The number of hydrogen-bond donors (Lipinski definition) is 2. The van der Waals surface area contributed by atoms with Crippen LogP contribution in [0.5, 0.6) is 0 Å². The van der Waals surface area contributed by atoms with Crippen LogP contribution in [0.4, 0.5) is 0 Å². The van der Waals surface area contributed by atoms with E-state index in [-0.39, 0.29) is 29.5 Å². The largest absolute Gasteiger partial charge is 0.396 e. The van der Waals surface area contributed by atoms with E-state index in [2.05, 4.69) is 27.4 Å². The predicted molar refractivity (Wildman–Crippen MR) is 90.4 cm³/mol. The minimum absolute atomic E-state index is 0.117. The molecule has 2 saturated carbocycles. The summed E-state index contributed by atoms with van der Waals surface area (Å²) in [5.41, 5.74) is 2.90. The second-order valence-electron chi connectivity index (χ2n) is 8.62. The van der Waals surface area contributed by atoms with Crippen LogP contribution in [0.15, 0.2) is 23.8 Å². The lowest BCUT2D eigenvalue weighted by Crippen LogP contribution is -2.59. The first kappa shape index (κ1) is 16.3. The minimum atomic E-state index is -0.289. The average molecular weight is 304 g/mol. The Hall–Kier alpha value is -0.600. The molecule has 0 saturated heterocycles. The molecule has 0 aromatic carbocycles. The third kappa shape index (κ3) is 2.14. The zero-order valence-corrected chi connectivity index (χ0v) is 14.4. The summed E-state index contributed by atoms with van der Waals surface area (Å²) in [6.45, 7) is 11.0. The van der Waals surface area contributed by atoms with Crippen LogP contribution in [0.1, 0.15) is 59.3 Å². The van der Waals surface area contributed by atoms with Gasteiger partial charge in [0.1, 0.15) is 0 Å². The molecular formula is C20H32O2. The number of fused-ring (bicyclic) bond motifs is 3. The van der Waals surface area contributed by atoms with Gasteiger partial charge in [-0.05, 0) is 73.2 Å². The Labute approximate surface area is 135 Å². The highest BCUT2D eigenvalue weighted by Crippen LogP contribution is 2.64. The summed E-state index contributed by atoms with van der Waals surface area (Å²) in [6.07, 6.45) is 8.36. The van der Waals surface area contributed by atoms with Crippen LogP contribution in [0, 0.1) is 28.6 Å². The molecule has 3 rings (SSSR count). The van der Waals surface area contributed by atoms with Gasteiger partial charge in [-0.15, -0.1) is 0 Å². The van der Waals surface area contributed by atoms with Crippen molar-refractivity contribution in [1.29, 1.82) is 0 Å². The van der Waals surface area contributed by atoms with Crippen LogP contribution in [-0.2, 0) is 0 Å². The number of aliphatic hydroxyl groups is 2.